The fourth-order valence-electron chi connectivity index (χ4n) is 4.32. The van der Waals surface area contributed by atoms with Crippen molar-refractivity contribution in [2.75, 3.05) is 20.7 Å². The molecule has 2 N–H and O–H groups in total. The molecule has 3 nitrogen and oxygen atoms in total. The highest BCUT2D eigenvalue weighted by atomic mass is 16.5. The van der Waals surface area contributed by atoms with Crippen molar-refractivity contribution in [1.29, 1.82) is 0 Å². The number of nitrogens with zero attached hydrogens (tertiary/aromatic N) is 1. The monoisotopic (exact) mass is 268 g/mol. The Morgan fingerprint density at radius 2 is 1.68 bits per heavy atom. The van der Waals surface area contributed by atoms with Crippen LogP contribution in [-0.2, 0) is 4.74 Å². The lowest BCUT2D eigenvalue weighted by atomic mass is 9.76. The molecule has 2 rings (SSSR count). The summed E-state index contributed by atoms with van der Waals surface area (Å²) in [6.07, 6.45) is 13.6. The zero-order valence-corrected chi connectivity index (χ0v) is 12.9. The number of ether oxygens (including phenoxy) is 1. The van der Waals surface area contributed by atoms with Crippen molar-refractivity contribution in [1.82, 2.24) is 4.90 Å². The van der Waals surface area contributed by atoms with Crippen molar-refractivity contribution in [3.63, 3.8) is 0 Å². The summed E-state index contributed by atoms with van der Waals surface area (Å²) in [6, 6.07) is 0.710. The maximum Gasteiger partial charge on any atom is 0.0767 e. The van der Waals surface area contributed by atoms with Crippen LogP contribution in [-0.4, -0.2) is 43.3 Å². The molecule has 0 bridgehead atoms. The van der Waals surface area contributed by atoms with Gasteiger partial charge in [-0.05, 0) is 32.7 Å². The largest absolute Gasteiger partial charge is 0.379 e. The van der Waals surface area contributed by atoms with Gasteiger partial charge in [0.05, 0.1) is 11.6 Å². The van der Waals surface area contributed by atoms with Gasteiger partial charge in [-0.25, -0.2) is 0 Å². The Bertz CT molecular complexity index is 263. The molecule has 2 saturated carbocycles. The van der Waals surface area contributed by atoms with Crippen LogP contribution in [0, 0.1) is 0 Å². The molecule has 2 fully saturated rings. The number of likely N-dealkylation sites (N-methyl/N-ethyl adjacent to an activating group) is 1. The van der Waals surface area contributed by atoms with E-state index in [9.17, 15) is 0 Å². The highest BCUT2D eigenvalue weighted by Gasteiger charge is 2.45. The molecule has 0 aromatic heterocycles. The summed E-state index contributed by atoms with van der Waals surface area (Å²) in [5, 5.41) is 0. The standard InChI is InChI=1S/C16H32N2O/c1-18(14-9-5-3-4-6-10-14)16(13-17)12-8-7-11-15(16)19-2/h14-15H,3-13,17H2,1-2H3. The number of methoxy groups -OCH3 is 1. The number of rotatable bonds is 4. The van der Waals surface area contributed by atoms with E-state index < -0.39 is 0 Å². The molecule has 0 saturated heterocycles. The van der Waals surface area contributed by atoms with Crippen LogP contribution in [0.1, 0.15) is 64.2 Å². The van der Waals surface area contributed by atoms with Gasteiger partial charge in [-0.1, -0.05) is 38.5 Å². The van der Waals surface area contributed by atoms with Crippen LogP contribution < -0.4 is 5.73 Å². The summed E-state index contributed by atoms with van der Waals surface area (Å²) < 4.78 is 5.82. The molecule has 2 unspecified atom stereocenters. The summed E-state index contributed by atoms with van der Waals surface area (Å²) in [7, 11) is 4.17. The van der Waals surface area contributed by atoms with E-state index in [0.717, 1.165) is 6.54 Å². The molecule has 0 aromatic carbocycles. The van der Waals surface area contributed by atoms with E-state index in [0.29, 0.717) is 12.1 Å². The van der Waals surface area contributed by atoms with Crippen LogP contribution in [0.3, 0.4) is 0 Å². The Labute approximate surface area is 118 Å². The Balaban J connectivity index is 2.13. The Hall–Kier alpha value is -0.120. The molecule has 3 heteroatoms. The van der Waals surface area contributed by atoms with Crippen molar-refractivity contribution in [3.05, 3.63) is 0 Å². The summed E-state index contributed by atoms with van der Waals surface area (Å²) >= 11 is 0. The summed E-state index contributed by atoms with van der Waals surface area (Å²) in [5.74, 6) is 0. The normalized spacial score (nSPS) is 34.4. The van der Waals surface area contributed by atoms with Gasteiger partial charge in [0.2, 0.25) is 0 Å². The van der Waals surface area contributed by atoms with Gasteiger partial charge in [0, 0.05) is 19.7 Å². The highest BCUT2D eigenvalue weighted by Crippen LogP contribution is 2.37. The predicted octanol–water partition coefficient (Wildman–Crippen LogP) is 2.93. The molecular formula is C16H32N2O. The Morgan fingerprint density at radius 3 is 2.26 bits per heavy atom. The van der Waals surface area contributed by atoms with Gasteiger partial charge in [-0.3, -0.25) is 4.90 Å². The van der Waals surface area contributed by atoms with Crippen molar-refractivity contribution in [3.8, 4) is 0 Å². The highest BCUT2D eigenvalue weighted by molar-refractivity contribution is 5.02. The lowest BCUT2D eigenvalue weighted by Gasteiger charge is -2.51. The van der Waals surface area contributed by atoms with Crippen LogP contribution in [0.2, 0.25) is 0 Å². The number of hydrogen-bond acceptors (Lipinski definition) is 3. The first-order valence-corrected chi connectivity index (χ1v) is 8.20. The minimum Gasteiger partial charge on any atom is -0.379 e. The van der Waals surface area contributed by atoms with Gasteiger partial charge in [0.1, 0.15) is 0 Å². The van der Waals surface area contributed by atoms with Crippen LogP contribution in [0.4, 0.5) is 0 Å². The molecule has 2 atom stereocenters. The molecule has 0 amide bonds. The molecular weight excluding hydrogens is 236 g/mol. The van der Waals surface area contributed by atoms with Gasteiger partial charge in [-0.15, -0.1) is 0 Å². The molecule has 0 aliphatic heterocycles. The minimum atomic E-state index is 0.0853. The second-order valence-electron chi connectivity index (χ2n) is 6.53. The zero-order chi connectivity index (χ0) is 13.7. The van der Waals surface area contributed by atoms with E-state index in [1.165, 1.54) is 64.2 Å². The number of hydrogen-bond donors (Lipinski definition) is 1. The third-order valence-corrected chi connectivity index (χ3v) is 5.64. The van der Waals surface area contributed by atoms with Crippen LogP contribution in [0.15, 0.2) is 0 Å². The van der Waals surface area contributed by atoms with Gasteiger partial charge in [0.25, 0.3) is 0 Å². The summed E-state index contributed by atoms with van der Waals surface area (Å²) in [5.41, 5.74) is 6.31. The molecule has 2 aliphatic rings. The Morgan fingerprint density at radius 1 is 1.05 bits per heavy atom. The Kier molecular flexibility index (Phi) is 5.67. The van der Waals surface area contributed by atoms with E-state index in [1.807, 2.05) is 7.11 Å². The second-order valence-corrected chi connectivity index (χ2v) is 6.53. The van der Waals surface area contributed by atoms with E-state index >= 15 is 0 Å². The number of nitrogens with two attached hydrogens (primary N) is 1. The molecule has 0 radical (unpaired) electrons. The van der Waals surface area contributed by atoms with Crippen molar-refractivity contribution < 1.29 is 4.74 Å². The van der Waals surface area contributed by atoms with Crippen LogP contribution in [0.25, 0.3) is 0 Å². The predicted molar refractivity (Wildman–Crippen MR) is 80.3 cm³/mol. The first-order chi connectivity index (χ1) is 9.24. The lowest BCUT2D eigenvalue weighted by molar-refractivity contribution is -0.0824. The average Bonchev–Trinajstić information content (AvgIpc) is 2.75. The first-order valence-electron chi connectivity index (χ1n) is 8.20. The van der Waals surface area contributed by atoms with E-state index in [1.54, 1.807) is 0 Å². The summed E-state index contributed by atoms with van der Waals surface area (Å²) in [6.45, 7) is 0.735. The SMILES string of the molecule is COC1CCCCC1(CN)N(C)C1CCCCCC1. The lowest BCUT2D eigenvalue weighted by Crippen LogP contribution is -2.64. The first kappa shape index (κ1) is 15.3. The quantitative estimate of drug-likeness (QED) is 0.797. The van der Waals surface area contributed by atoms with Crippen molar-refractivity contribution in [2.24, 2.45) is 5.73 Å². The zero-order valence-electron chi connectivity index (χ0n) is 12.9. The molecule has 112 valence electrons. The minimum absolute atomic E-state index is 0.0853. The molecule has 2 aliphatic carbocycles. The van der Waals surface area contributed by atoms with Crippen molar-refractivity contribution in [2.45, 2.75) is 81.9 Å². The van der Waals surface area contributed by atoms with Crippen LogP contribution >= 0.6 is 0 Å². The van der Waals surface area contributed by atoms with Crippen LogP contribution in [0.5, 0.6) is 0 Å². The second kappa shape index (κ2) is 7.05. The van der Waals surface area contributed by atoms with Gasteiger partial charge >= 0.3 is 0 Å². The maximum absolute atomic E-state index is 6.23. The molecule has 0 aromatic rings. The van der Waals surface area contributed by atoms with Gasteiger partial charge in [-0.2, -0.15) is 0 Å². The third-order valence-electron chi connectivity index (χ3n) is 5.64. The third kappa shape index (κ3) is 3.14. The van der Waals surface area contributed by atoms with Gasteiger partial charge in [0.15, 0.2) is 0 Å². The molecule has 0 heterocycles. The average molecular weight is 268 g/mol. The molecule has 0 spiro atoms. The smallest absolute Gasteiger partial charge is 0.0767 e. The van der Waals surface area contributed by atoms with Crippen molar-refractivity contribution >= 4 is 0 Å². The topological polar surface area (TPSA) is 38.5 Å². The van der Waals surface area contributed by atoms with Gasteiger partial charge < -0.3 is 10.5 Å². The van der Waals surface area contributed by atoms with E-state index in [4.69, 9.17) is 10.5 Å². The summed E-state index contributed by atoms with van der Waals surface area (Å²) in [4.78, 5) is 2.62. The molecule has 19 heavy (non-hydrogen) atoms. The maximum atomic E-state index is 6.23. The van der Waals surface area contributed by atoms with E-state index in [-0.39, 0.29) is 5.54 Å². The van der Waals surface area contributed by atoms with E-state index in [2.05, 4.69) is 11.9 Å². The fraction of sp³-hybridized carbons (Fsp3) is 1.00. The fourth-order valence-corrected chi connectivity index (χ4v) is 4.32.